The SMILES string of the molecule is Clc1cc(N2CCn3cnnc3C2)n2ncnc2n1. The third-order valence-corrected chi connectivity index (χ3v) is 3.36. The molecule has 0 saturated heterocycles. The van der Waals surface area contributed by atoms with Crippen molar-refractivity contribution in [1.29, 1.82) is 0 Å². The summed E-state index contributed by atoms with van der Waals surface area (Å²) in [5.41, 5.74) is 0. The topological polar surface area (TPSA) is 77.0 Å². The van der Waals surface area contributed by atoms with Gasteiger partial charge in [0.2, 0.25) is 0 Å². The molecule has 96 valence electrons. The lowest BCUT2D eigenvalue weighted by Gasteiger charge is -2.28. The largest absolute Gasteiger partial charge is 0.347 e. The second kappa shape index (κ2) is 3.89. The molecule has 0 bridgehead atoms. The first-order valence-electron chi connectivity index (χ1n) is 5.79. The predicted octanol–water partition coefficient (Wildman–Crippen LogP) is 0.389. The molecule has 0 aliphatic carbocycles. The zero-order valence-electron chi connectivity index (χ0n) is 9.81. The molecule has 0 unspecified atom stereocenters. The maximum absolute atomic E-state index is 6.03. The van der Waals surface area contributed by atoms with Gasteiger partial charge in [-0.1, -0.05) is 11.6 Å². The van der Waals surface area contributed by atoms with Crippen LogP contribution >= 0.6 is 11.6 Å². The summed E-state index contributed by atoms with van der Waals surface area (Å²) >= 11 is 6.03. The van der Waals surface area contributed by atoms with Gasteiger partial charge in [0.05, 0.1) is 6.54 Å². The van der Waals surface area contributed by atoms with E-state index >= 15 is 0 Å². The van der Waals surface area contributed by atoms with Crippen LogP contribution in [0.25, 0.3) is 5.78 Å². The van der Waals surface area contributed by atoms with Crippen molar-refractivity contribution < 1.29 is 0 Å². The smallest absolute Gasteiger partial charge is 0.255 e. The minimum absolute atomic E-state index is 0.405. The number of halogens is 1. The molecule has 4 rings (SSSR count). The number of nitrogens with zero attached hydrogens (tertiary/aromatic N) is 8. The highest BCUT2D eigenvalue weighted by molar-refractivity contribution is 6.29. The molecule has 8 nitrogen and oxygen atoms in total. The highest BCUT2D eigenvalue weighted by Gasteiger charge is 2.21. The van der Waals surface area contributed by atoms with Gasteiger partial charge in [0.15, 0.2) is 5.82 Å². The van der Waals surface area contributed by atoms with E-state index in [0.29, 0.717) is 17.5 Å². The first kappa shape index (κ1) is 10.7. The first-order valence-corrected chi connectivity index (χ1v) is 6.17. The molecule has 0 N–H and O–H groups in total. The van der Waals surface area contributed by atoms with E-state index in [-0.39, 0.29) is 0 Å². The van der Waals surface area contributed by atoms with Gasteiger partial charge in [0, 0.05) is 19.2 Å². The number of fused-ring (bicyclic) bond motifs is 2. The molecule has 1 aliphatic rings. The summed E-state index contributed by atoms with van der Waals surface area (Å²) in [7, 11) is 0. The number of rotatable bonds is 1. The van der Waals surface area contributed by atoms with Crippen molar-refractivity contribution in [1.82, 2.24) is 34.3 Å². The maximum Gasteiger partial charge on any atom is 0.255 e. The van der Waals surface area contributed by atoms with E-state index in [1.807, 2.05) is 4.57 Å². The molecule has 1 aliphatic heterocycles. The van der Waals surface area contributed by atoms with Crippen LogP contribution in [0.3, 0.4) is 0 Å². The van der Waals surface area contributed by atoms with Crippen LogP contribution in [0.4, 0.5) is 5.82 Å². The van der Waals surface area contributed by atoms with Gasteiger partial charge in [-0.05, 0) is 0 Å². The Balaban J connectivity index is 1.81. The van der Waals surface area contributed by atoms with Crippen molar-refractivity contribution in [2.75, 3.05) is 11.4 Å². The highest BCUT2D eigenvalue weighted by Crippen LogP contribution is 2.22. The van der Waals surface area contributed by atoms with Gasteiger partial charge in [0.25, 0.3) is 5.78 Å². The molecule has 0 spiro atoms. The Morgan fingerprint density at radius 1 is 1.26 bits per heavy atom. The molecular formula is C10H9ClN8. The molecule has 0 saturated carbocycles. The highest BCUT2D eigenvalue weighted by atomic mass is 35.5. The van der Waals surface area contributed by atoms with Gasteiger partial charge in [0.1, 0.15) is 23.6 Å². The number of hydrogen-bond donors (Lipinski definition) is 0. The van der Waals surface area contributed by atoms with Gasteiger partial charge < -0.3 is 9.47 Å². The molecule has 9 heteroatoms. The molecule has 0 fully saturated rings. The van der Waals surface area contributed by atoms with Crippen molar-refractivity contribution in [2.24, 2.45) is 0 Å². The Hall–Kier alpha value is -2.22. The zero-order valence-corrected chi connectivity index (χ0v) is 10.6. The molecular weight excluding hydrogens is 268 g/mol. The lowest BCUT2D eigenvalue weighted by Crippen LogP contribution is -2.35. The monoisotopic (exact) mass is 276 g/mol. The van der Waals surface area contributed by atoms with E-state index in [2.05, 4.69) is 30.2 Å². The second-order valence-corrected chi connectivity index (χ2v) is 4.66. The molecule has 0 radical (unpaired) electrons. The van der Waals surface area contributed by atoms with Crippen LogP contribution in [0.5, 0.6) is 0 Å². The summed E-state index contributed by atoms with van der Waals surface area (Å²) in [6.07, 6.45) is 3.21. The Morgan fingerprint density at radius 2 is 2.21 bits per heavy atom. The van der Waals surface area contributed by atoms with E-state index in [1.54, 1.807) is 16.9 Å². The Labute approximate surface area is 112 Å². The van der Waals surface area contributed by atoms with Crippen LogP contribution in [-0.4, -0.2) is 40.9 Å². The Kier molecular flexibility index (Phi) is 2.18. The van der Waals surface area contributed by atoms with Crippen molar-refractivity contribution >= 4 is 23.2 Å². The summed E-state index contributed by atoms with van der Waals surface area (Å²) < 4.78 is 3.72. The molecule has 3 aromatic heterocycles. The van der Waals surface area contributed by atoms with E-state index in [4.69, 9.17) is 11.6 Å². The summed E-state index contributed by atoms with van der Waals surface area (Å²) in [5, 5.41) is 12.6. The maximum atomic E-state index is 6.03. The van der Waals surface area contributed by atoms with Gasteiger partial charge in [-0.3, -0.25) is 0 Å². The van der Waals surface area contributed by atoms with Crippen LogP contribution < -0.4 is 4.90 Å². The quantitative estimate of drug-likeness (QED) is 0.599. The molecule has 0 aromatic carbocycles. The molecule has 19 heavy (non-hydrogen) atoms. The number of aromatic nitrogens is 7. The second-order valence-electron chi connectivity index (χ2n) is 4.27. The van der Waals surface area contributed by atoms with Crippen LogP contribution in [0.1, 0.15) is 5.82 Å². The van der Waals surface area contributed by atoms with Gasteiger partial charge in [-0.15, -0.1) is 10.2 Å². The van der Waals surface area contributed by atoms with E-state index in [9.17, 15) is 0 Å². The minimum Gasteiger partial charge on any atom is -0.347 e. The van der Waals surface area contributed by atoms with E-state index in [0.717, 1.165) is 24.7 Å². The van der Waals surface area contributed by atoms with E-state index < -0.39 is 0 Å². The zero-order chi connectivity index (χ0) is 12.8. The molecule has 4 heterocycles. The van der Waals surface area contributed by atoms with Crippen LogP contribution in [0, 0.1) is 0 Å². The van der Waals surface area contributed by atoms with Gasteiger partial charge in [-0.25, -0.2) is 0 Å². The van der Waals surface area contributed by atoms with Crippen molar-refractivity contribution in [3.63, 3.8) is 0 Å². The summed E-state index contributed by atoms with van der Waals surface area (Å²) in [5.74, 6) is 2.28. The predicted molar refractivity (Wildman–Crippen MR) is 66.9 cm³/mol. The minimum atomic E-state index is 0.405. The summed E-state index contributed by atoms with van der Waals surface area (Å²) in [4.78, 5) is 10.3. The Bertz CT molecular complexity index is 747. The third-order valence-electron chi connectivity index (χ3n) is 3.16. The molecule has 3 aromatic rings. The number of hydrogen-bond acceptors (Lipinski definition) is 6. The third kappa shape index (κ3) is 1.64. The van der Waals surface area contributed by atoms with Gasteiger partial charge in [-0.2, -0.15) is 19.6 Å². The summed E-state index contributed by atoms with van der Waals surface area (Å²) in [6.45, 7) is 2.33. The normalized spacial score (nSPS) is 14.9. The standard InChI is InChI=1S/C10H9ClN8/c11-7-3-9(19-10(15-7)12-5-14-19)17-1-2-18-6-13-16-8(18)4-17/h3,5-6H,1-2,4H2. The first-order chi connectivity index (χ1) is 9.31. The van der Waals surface area contributed by atoms with Crippen LogP contribution in [0.2, 0.25) is 5.15 Å². The summed E-state index contributed by atoms with van der Waals surface area (Å²) in [6, 6.07) is 1.79. The average molecular weight is 277 g/mol. The fourth-order valence-electron chi connectivity index (χ4n) is 2.26. The van der Waals surface area contributed by atoms with Crippen molar-refractivity contribution in [3.05, 3.63) is 29.7 Å². The molecule has 0 amide bonds. The number of anilines is 1. The molecule has 0 atom stereocenters. The average Bonchev–Trinajstić information content (AvgIpc) is 3.04. The fraction of sp³-hybridized carbons (Fsp3) is 0.300. The lowest BCUT2D eigenvalue weighted by molar-refractivity contribution is 0.552. The van der Waals surface area contributed by atoms with Crippen molar-refractivity contribution in [2.45, 2.75) is 13.1 Å². The van der Waals surface area contributed by atoms with E-state index in [1.165, 1.54) is 6.33 Å². The van der Waals surface area contributed by atoms with Crippen LogP contribution in [-0.2, 0) is 13.1 Å². The van der Waals surface area contributed by atoms with Crippen LogP contribution in [0.15, 0.2) is 18.7 Å². The fourth-order valence-corrected chi connectivity index (χ4v) is 2.43. The van der Waals surface area contributed by atoms with Gasteiger partial charge >= 0.3 is 0 Å². The Morgan fingerprint density at radius 3 is 3.16 bits per heavy atom. The lowest BCUT2D eigenvalue weighted by atomic mass is 10.3. The van der Waals surface area contributed by atoms with Crippen molar-refractivity contribution in [3.8, 4) is 0 Å².